The minimum atomic E-state index is -5.08. The van der Waals surface area contributed by atoms with Crippen molar-refractivity contribution in [2.45, 2.75) is 26.4 Å². The standard InChI is InChI=1S/C11H16N2O.C2HF3O2/c1-8(2)7-9-5-3-4-6-10(9)11(14)13-12;3-2(4,5)1(6)7/h3-6,8H,7,12H2,1-2H3,(H,13,14);(H,6,7). The fourth-order valence-electron chi connectivity index (χ4n) is 1.44. The van der Waals surface area contributed by atoms with Crippen LogP contribution in [0.5, 0.6) is 0 Å². The van der Waals surface area contributed by atoms with Crippen molar-refractivity contribution < 1.29 is 27.9 Å². The van der Waals surface area contributed by atoms with Crippen molar-refractivity contribution in [3.63, 3.8) is 0 Å². The van der Waals surface area contributed by atoms with Gasteiger partial charge in [0.1, 0.15) is 0 Å². The summed E-state index contributed by atoms with van der Waals surface area (Å²) < 4.78 is 31.7. The van der Waals surface area contributed by atoms with Crippen LogP contribution in [0.15, 0.2) is 24.3 Å². The Morgan fingerprint density at radius 2 is 1.76 bits per heavy atom. The molecule has 1 aromatic carbocycles. The molecule has 5 nitrogen and oxygen atoms in total. The summed E-state index contributed by atoms with van der Waals surface area (Å²) in [5, 5.41) is 7.12. The second-order valence-electron chi connectivity index (χ2n) is 4.53. The number of carboxylic acids is 1. The fourth-order valence-corrected chi connectivity index (χ4v) is 1.44. The molecule has 0 spiro atoms. The van der Waals surface area contributed by atoms with Crippen LogP contribution in [0.1, 0.15) is 29.8 Å². The number of hydrogen-bond donors (Lipinski definition) is 3. The quantitative estimate of drug-likeness (QED) is 0.453. The van der Waals surface area contributed by atoms with Gasteiger partial charge in [0.2, 0.25) is 0 Å². The third-order valence-corrected chi connectivity index (χ3v) is 2.26. The molecular weight excluding hydrogens is 289 g/mol. The molecule has 0 aliphatic heterocycles. The van der Waals surface area contributed by atoms with E-state index >= 15 is 0 Å². The summed E-state index contributed by atoms with van der Waals surface area (Å²) in [6.45, 7) is 4.24. The van der Waals surface area contributed by atoms with Crippen molar-refractivity contribution in [3.8, 4) is 0 Å². The number of nitrogens with two attached hydrogens (primary N) is 1. The number of hydrazine groups is 1. The predicted octanol–water partition coefficient (Wildman–Crippen LogP) is 2.12. The number of benzene rings is 1. The number of amides is 1. The van der Waals surface area contributed by atoms with Crippen molar-refractivity contribution in [1.29, 1.82) is 0 Å². The second-order valence-corrected chi connectivity index (χ2v) is 4.53. The smallest absolute Gasteiger partial charge is 0.475 e. The molecule has 1 amide bonds. The van der Waals surface area contributed by atoms with E-state index in [4.69, 9.17) is 15.7 Å². The molecule has 8 heteroatoms. The molecule has 1 aromatic rings. The van der Waals surface area contributed by atoms with Gasteiger partial charge in [-0.2, -0.15) is 13.2 Å². The number of halogens is 3. The first kappa shape index (κ1) is 18.9. The van der Waals surface area contributed by atoms with E-state index in [1.165, 1.54) is 0 Å². The van der Waals surface area contributed by atoms with Crippen LogP contribution in [0.3, 0.4) is 0 Å². The Morgan fingerprint density at radius 3 is 2.14 bits per heavy atom. The van der Waals surface area contributed by atoms with Crippen LogP contribution in [0, 0.1) is 5.92 Å². The lowest BCUT2D eigenvalue weighted by Gasteiger charge is -2.09. The monoisotopic (exact) mass is 306 g/mol. The van der Waals surface area contributed by atoms with Crippen molar-refractivity contribution >= 4 is 11.9 Å². The molecule has 0 bridgehead atoms. The number of carbonyl (C=O) groups is 2. The maximum atomic E-state index is 11.4. The molecule has 0 aliphatic rings. The van der Waals surface area contributed by atoms with Gasteiger partial charge in [0, 0.05) is 5.56 Å². The third-order valence-electron chi connectivity index (χ3n) is 2.26. The SMILES string of the molecule is CC(C)Cc1ccccc1C(=O)NN.O=C(O)C(F)(F)F. The number of carboxylic acid groups (broad SMARTS) is 1. The van der Waals surface area contributed by atoms with Gasteiger partial charge in [0.15, 0.2) is 0 Å². The molecule has 0 saturated heterocycles. The Bertz CT molecular complexity index is 488. The highest BCUT2D eigenvalue weighted by Crippen LogP contribution is 2.14. The largest absolute Gasteiger partial charge is 0.490 e. The Hall–Kier alpha value is -2.09. The van der Waals surface area contributed by atoms with Gasteiger partial charge in [-0.25, -0.2) is 10.6 Å². The van der Waals surface area contributed by atoms with Gasteiger partial charge in [-0.3, -0.25) is 10.2 Å². The van der Waals surface area contributed by atoms with Gasteiger partial charge in [0.25, 0.3) is 5.91 Å². The van der Waals surface area contributed by atoms with E-state index in [2.05, 4.69) is 19.3 Å². The van der Waals surface area contributed by atoms with Crippen LogP contribution >= 0.6 is 0 Å². The predicted molar refractivity (Wildman–Crippen MR) is 70.3 cm³/mol. The Balaban J connectivity index is 0.000000486. The molecule has 118 valence electrons. The van der Waals surface area contributed by atoms with E-state index in [9.17, 15) is 18.0 Å². The van der Waals surface area contributed by atoms with E-state index < -0.39 is 12.1 Å². The van der Waals surface area contributed by atoms with E-state index in [1.807, 2.05) is 18.2 Å². The molecule has 0 saturated carbocycles. The average molecular weight is 306 g/mol. The van der Waals surface area contributed by atoms with Gasteiger partial charge in [0.05, 0.1) is 0 Å². The normalized spacial score (nSPS) is 10.6. The number of carbonyl (C=O) groups excluding carboxylic acids is 1. The van der Waals surface area contributed by atoms with Gasteiger partial charge >= 0.3 is 12.1 Å². The van der Waals surface area contributed by atoms with Crippen LogP contribution in [0.25, 0.3) is 0 Å². The van der Waals surface area contributed by atoms with Crippen molar-refractivity contribution in [2.24, 2.45) is 11.8 Å². The first-order chi connectivity index (χ1) is 9.59. The van der Waals surface area contributed by atoms with Crippen molar-refractivity contribution in [3.05, 3.63) is 35.4 Å². The lowest BCUT2D eigenvalue weighted by molar-refractivity contribution is -0.192. The number of aliphatic carboxylic acids is 1. The number of nitrogens with one attached hydrogen (secondary N) is 1. The van der Waals surface area contributed by atoms with E-state index in [0.29, 0.717) is 11.5 Å². The molecule has 0 unspecified atom stereocenters. The van der Waals surface area contributed by atoms with E-state index in [-0.39, 0.29) is 5.91 Å². The van der Waals surface area contributed by atoms with Crippen molar-refractivity contribution in [1.82, 2.24) is 5.43 Å². The first-order valence-corrected chi connectivity index (χ1v) is 5.98. The topological polar surface area (TPSA) is 92.4 Å². The molecule has 0 heterocycles. The minimum absolute atomic E-state index is 0.221. The van der Waals surface area contributed by atoms with Crippen LogP contribution in [-0.2, 0) is 11.2 Å². The highest BCUT2D eigenvalue weighted by Gasteiger charge is 2.38. The molecule has 21 heavy (non-hydrogen) atoms. The molecule has 0 aromatic heterocycles. The summed E-state index contributed by atoms with van der Waals surface area (Å²) in [7, 11) is 0. The molecule has 0 radical (unpaired) electrons. The lowest BCUT2D eigenvalue weighted by atomic mass is 9.98. The Labute approximate surface area is 119 Å². The van der Waals surface area contributed by atoms with E-state index in [1.54, 1.807) is 6.07 Å². The summed E-state index contributed by atoms with van der Waals surface area (Å²) in [5.41, 5.74) is 3.87. The summed E-state index contributed by atoms with van der Waals surface area (Å²) in [6.07, 6.45) is -4.19. The molecule has 1 rings (SSSR count). The summed E-state index contributed by atoms with van der Waals surface area (Å²) in [6, 6.07) is 7.53. The number of nitrogen functional groups attached to an aromatic ring is 1. The zero-order chi connectivity index (χ0) is 16.6. The second kappa shape index (κ2) is 8.25. The number of hydrogen-bond acceptors (Lipinski definition) is 3. The molecule has 0 atom stereocenters. The molecule has 0 aliphatic carbocycles. The van der Waals surface area contributed by atoms with Gasteiger partial charge < -0.3 is 5.11 Å². The highest BCUT2D eigenvalue weighted by atomic mass is 19.4. The maximum Gasteiger partial charge on any atom is 0.490 e. The first-order valence-electron chi connectivity index (χ1n) is 5.98. The van der Waals surface area contributed by atoms with Crippen LogP contribution in [-0.4, -0.2) is 23.2 Å². The zero-order valence-electron chi connectivity index (χ0n) is 11.6. The molecule has 0 fully saturated rings. The Kier molecular flexibility index (Phi) is 7.43. The summed E-state index contributed by atoms with van der Waals surface area (Å²) >= 11 is 0. The summed E-state index contributed by atoms with van der Waals surface area (Å²) in [5.74, 6) is 2.66. The Morgan fingerprint density at radius 1 is 1.29 bits per heavy atom. The molecule has 4 N–H and O–H groups in total. The number of rotatable bonds is 3. The maximum absolute atomic E-state index is 11.4. The van der Waals surface area contributed by atoms with E-state index in [0.717, 1.165) is 12.0 Å². The van der Waals surface area contributed by atoms with Crippen LogP contribution in [0.4, 0.5) is 13.2 Å². The minimum Gasteiger partial charge on any atom is -0.475 e. The highest BCUT2D eigenvalue weighted by molar-refractivity contribution is 5.95. The zero-order valence-corrected chi connectivity index (χ0v) is 11.6. The average Bonchev–Trinajstić information content (AvgIpc) is 2.37. The summed E-state index contributed by atoms with van der Waals surface area (Å²) in [4.78, 5) is 20.3. The third kappa shape index (κ3) is 7.31. The van der Waals surface area contributed by atoms with Crippen LogP contribution in [0.2, 0.25) is 0 Å². The van der Waals surface area contributed by atoms with Gasteiger partial charge in [-0.15, -0.1) is 0 Å². The van der Waals surface area contributed by atoms with Gasteiger partial charge in [-0.1, -0.05) is 32.0 Å². The fraction of sp³-hybridized carbons (Fsp3) is 0.385. The van der Waals surface area contributed by atoms with Crippen LogP contribution < -0.4 is 11.3 Å². The number of alkyl halides is 3. The van der Waals surface area contributed by atoms with Gasteiger partial charge in [-0.05, 0) is 24.0 Å². The van der Waals surface area contributed by atoms with Crippen molar-refractivity contribution in [2.75, 3.05) is 0 Å². The molecular formula is C13H17F3N2O3. The lowest BCUT2D eigenvalue weighted by Crippen LogP contribution is -2.30.